The highest BCUT2D eigenvalue weighted by molar-refractivity contribution is 5.77. The molecule has 1 aromatic carbocycles. The van der Waals surface area contributed by atoms with E-state index in [1.807, 2.05) is 0 Å². The van der Waals surface area contributed by atoms with Crippen LogP contribution in [0.5, 0.6) is 5.75 Å². The summed E-state index contributed by atoms with van der Waals surface area (Å²) >= 11 is 0. The molecular formula is C15H16O8. The van der Waals surface area contributed by atoms with Crippen molar-refractivity contribution in [3.63, 3.8) is 0 Å². The van der Waals surface area contributed by atoms with Gasteiger partial charge in [-0.3, -0.25) is 0 Å². The standard InChI is InChI=1S/C15H16O8/c16-6-10-12(18)13(19)14(20)15(23-10)21-8-3-1-7-2-4-11(17)22-9(7)5-8/h1-5,10,12-16,18-20H,6H2/t10-,12-,13+,14-,15?/m1/s1. The van der Waals surface area contributed by atoms with Gasteiger partial charge in [-0.25, -0.2) is 4.79 Å². The molecular weight excluding hydrogens is 308 g/mol. The van der Waals surface area contributed by atoms with Crippen molar-refractivity contribution in [2.45, 2.75) is 30.7 Å². The van der Waals surface area contributed by atoms with Gasteiger partial charge in [0.15, 0.2) is 0 Å². The molecule has 1 aliphatic rings. The molecule has 23 heavy (non-hydrogen) atoms. The fraction of sp³-hybridized carbons (Fsp3) is 0.400. The number of aliphatic hydroxyl groups excluding tert-OH is 4. The topological polar surface area (TPSA) is 130 Å². The van der Waals surface area contributed by atoms with E-state index in [1.165, 1.54) is 12.1 Å². The first-order valence-electron chi connectivity index (χ1n) is 7.00. The minimum atomic E-state index is -1.52. The summed E-state index contributed by atoms with van der Waals surface area (Å²) in [7, 11) is 0. The van der Waals surface area contributed by atoms with Crippen molar-refractivity contribution >= 4 is 11.0 Å². The number of rotatable bonds is 3. The molecule has 8 heteroatoms. The van der Waals surface area contributed by atoms with Crippen LogP contribution in [0.4, 0.5) is 0 Å². The van der Waals surface area contributed by atoms with Crippen LogP contribution in [-0.2, 0) is 4.74 Å². The van der Waals surface area contributed by atoms with E-state index in [0.29, 0.717) is 11.0 Å². The van der Waals surface area contributed by atoms with E-state index in [-0.39, 0.29) is 5.75 Å². The van der Waals surface area contributed by atoms with Crippen LogP contribution in [0.2, 0.25) is 0 Å². The fourth-order valence-electron chi connectivity index (χ4n) is 2.41. The zero-order valence-electron chi connectivity index (χ0n) is 11.9. The zero-order chi connectivity index (χ0) is 16.6. The van der Waals surface area contributed by atoms with Gasteiger partial charge in [0, 0.05) is 17.5 Å². The van der Waals surface area contributed by atoms with Gasteiger partial charge in [-0.2, -0.15) is 0 Å². The molecule has 0 amide bonds. The summed E-state index contributed by atoms with van der Waals surface area (Å²) in [6, 6.07) is 7.55. The van der Waals surface area contributed by atoms with Gasteiger partial charge in [-0.1, -0.05) is 0 Å². The molecule has 8 nitrogen and oxygen atoms in total. The Balaban J connectivity index is 1.84. The molecule has 0 aliphatic carbocycles. The van der Waals surface area contributed by atoms with Crippen LogP contribution in [0, 0.1) is 0 Å². The summed E-state index contributed by atoms with van der Waals surface area (Å²) in [5, 5.41) is 39.2. The lowest BCUT2D eigenvalue weighted by Crippen LogP contribution is -2.60. The lowest BCUT2D eigenvalue weighted by molar-refractivity contribution is -0.277. The van der Waals surface area contributed by atoms with Gasteiger partial charge >= 0.3 is 5.63 Å². The van der Waals surface area contributed by atoms with Crippen LogP contribution in [-0.4, -0.2) is 57.7 Å². The second-order valence-corrected chi connectivity index (χ2v) is 5.27. The Labute approximate surface area is 130 Å². The molecule has 1 fully saturated rings. The van der Waals surface area contributed by atoms with Crippen molar-refractivity contribution in [1.82, 2.24) is 0 Å². The summed E-state index contributed by atoms with van der Waals surface area (Å²) in [5.41, 5.74) is -0.220. The molecule has 0 bridgehead atoms. The Morgan fingerprint density at radius 1 is 1.04 bits per heavy atom. The zero-order valence-corrected chi connectivity index (χ0v) is 11.9. The van der Waals surface area contributed by atoms with Crippen LogP contribution >= 0.6 is 0 Å². The van der Waals surface area contributed by atoms with E-state index in [1.54, 1.807) is 18.2 Å². The molecule has 1 aliphatic heterocycles. The second-order valence-electron chi connectivity index (χ2n) is 5.27. The third kappa shape index (κ3) is 3.07. The molecule has 0 saturated carbocycles. The van der Waals surface area contributed by atoms with Gasteiger partial charge in [-0.15, -0.1) is 0 Å². The van der Waals surface area contributed by atoms with E-state index >= 15 is 0 Å². The van der Waals surface area contributed by atoms with Crippen molar-refractivity contribution < 1.29 is 34.3 Å². The van der Waals surface area contributed by atoms with Crippen molar-refractivity contribution in [1.29, 1.82) is 0 Å². The first-order valence-corrected chi connectivity index (χ1v) is 7.00. The first kappa shape index (κ1) is 15.9. The molecule has 0 radical (unpaired) electrons. The maximum atomic E-state index is 11.2. The molecule has 0 spiro atoms. The molecule has 124 valence electrons. The number of ether oxygens (including phenoxy) is 2. The number of fused-ring (bicyclic) bond motifs is 1. The predicted molar refractivity (Wildman–Crippen MR) is 76.9 cm³/mol. The van der Waals surface area contributed by atoms with Crippen molar-refractivity contribution in [2.75, 3.05) is 6.61 Å². The van der Waals surface area contributed by atoms with Gasteiger partial charge in [0.25, 0.3) is 0 Å². The van der Waals surface area contributed by atoms with Crippen LogP contribution in [0.3, 0.4) is 0 Å². The summed E-state index contributed by atoms with van der Waals surface area (Å²) < 4.78 is 15.7. The summed E-state index contributed by atoms with van der Waals surface area (Å²) in [6.45, 7) is -0.544. The summed E-state index contributed by atoms with van der Waals surface area (Å²) in [4.78, 5) is 11.2. The molecule has 1 unspecified atom stereocenters. The molecule has 1 saturated heterocycles. The molecule has 4 N–H and O–H groups in total. The predicted octanol–water partition coefficient (Wildman–Crippen LogP) is -1.03. The minimum absolute atomic E-state index is 0.233. The molecule has 2 aromatic rings. The van der Waals surface area contributed by atoms with E-state index in [2.05, 4.69) is 0 Å². The third-order valence-corrected chi connectivity index (χ3v) is 3.70. The Bertz CT molecular complexity index is 740. The number of hydrogen-bond acceptors (Lipinski definition) is 8. The molecule has 1 aromatic heterocycles. The summed E-state index contributed by atoms with van der Waals surface area (Å²) in [6.07, 6.45) is -6.84. The Morgan fingerprint density at radius 2 is 1.78 bits per heavy atom. The fourth-order valence-corrected chi connectivity index (χ4v) is 2.41. The largest absolute Gasteiger partial charge is 0.462 e. The van der Waals surface area contributed by atoms with Gasteiger partial charge in [-0.05, 0) is 18.2 Å². The normalized spacial score (nSPS) is 31.2. The Hall–Kier alpha value is -1.97. The van der Waals surface area contributed by atoms with E-state index in [0.717, 1.165) is 0 Å². The minimum Gasteiger partial charge on any atom is -0.462 e. The maximum absolute atomic E-state index is 11.2. The van der Waals surface area contributed by atoms with Crippen molar-refractivity contribution in [3.05, 3.63) is 40.8 Å². The number of hydrogen-bond donors (Lipinski definition) is 4. The number of aliphatic hydroxyl groups is 4. The lowest BCUT2D eigenvalue weighted by atomic mass is 9.99. The Morgan fingerprint density at radius 3 is 2.52 bits per heavy atom. The van der Waals surface area contributed by atoms with Crippen LogP contribution < -0.4 is 10.4 Å². The SMILES string of the molecule is O=c1ccc2ccc(OC3O[C@H](CO)[C@@H](O)[C@H](O)[C@H]3O)cc2o1. The molecule has 3 rings (SSSR count). The van der Waals surface area contributed by atoms with Gasteiger partial charge in [0.05, 0.1) is 6.61 Å². The highest BCUT2D eigenvalue weighted by Gasteiger charge is 2.44. The quantitative estimate of drug-likeness (QED) is 0.528. The van der Waals surface area contributed by atoms with Gasteiger partial charge < -0.3 is 34.3 Å². The first-order chi connectivity index (χ1) is 11.0. The monoisotopic (exact) mass is 324 g/mol. The maximum Gasteiger partial charge on any atom is 0.336 e. The molecule has 5 atom stereocenters. The Kier molecular flexibility index (Phi) is 4.33. The third-order valence-electron chi connectivity index (χ3n) is 3.70. The lowest BCUT2D eigenvalue weighted by Gasteiger charge is -2.39. The summed E-state index contributed by atoms with van der Waals surface area (Å²) in [5.74, 6) is 0.233. The van der Waals surface area contributed by atoms with E-state index in [4.69, 9.17) is 19.0 Å². The van der Waals surface area contributed by atoms with Crippen molar-refractivity contribution in [3.8, 4) is 5.75 Å². The van der Waals surface area contributed by atoms with Gasteiger partial charge in [0.2, 0.25) is 6.29 Å². The smallest absolute Gasteiger partial charge is 0.336 e. The average Bonchev–Trinajstić information content (AvgIpc) is 2.55. The van der Waals surface area contributed by atoms with Crippen molar-refractivity contribution in [2.24, 2.45) is 0 Å². The number of benzene rings is 1. The average molecular weight is 324 g/mol. The van der Waals surface area contributed by atoms with Crippen LogP contribution in [0.1, 0.15) is 0 Å². The highest BCUT2D eigenvalue weighted by Crippen LogP contribution is 2.26. The van der Waals surface area contributed by atoms with E-state index in [9.17, 15) is 20.1 Å². The molecule has 2 heterocycles. The van der Waals surface area contributed by atoms with Crippen LogP contribution in [0.15, 0.2) is 39.5 Å². The second kappa shape index (κ2) is 6.26. The highest BCUT2D eigenvalue weighted by atomic mass is 16.7. The van der Waals surface area contributed by atoms with Crippen LogP contribution in [0.25, 0.3) is 11.0 Å². The van der Waals surface area contributed by atoms with E-state index < -0.39 is 42.9 Å². The van der Waals surface area contributed by atoms with Gasteiger partial charge in [0.1, 0.15) is 35.7 Å².